The molecule has 3 heterocycles. The van der Waals surface area contributed by atoms with Crippen molar-refractivity contribution >= 4 is 23.2 Å². The Morgan fingerprint density at radius 3 is 2.78 bits per heavy atom. The van der Waals surface area contributed by atoms with Gasteiger partial charge in [-0.3, -0.25) is 14.3 Å². The van der Waals surface area contributed by atoms with Crippen LogP contribution in [0.2, 0.25) is 0 Å². The third-order valence-electron chi connectivity index (χ3n) is 5.54. The Hall–Kier alpha value is -2.67. The summed E-state index contributed by atoms with van der Waals surface area (Å²) >= 11 is 0. The van der Waals surface area contributed by atoms with E-state index in [2.05, 4.69) is 15.7 Å². The smallest absolute Gasteiger partial charge is 0.252 e. The van der Waals surface area contributed by atoms with Crippen molar-refractivity contribution in [3.63, 3.8) is 0 Å². The fourth-order valence-electron chi connectivity index (χ4n) is 4.00. The predicted molar refractivity (Wildman–Crippen MR) is 104 cm³/mol. The van der Waals surface area contributed by atoms with Gasteiger partial charge in [0.1, 0.15) is 5.54 Å². The van der Waals surface area contributed by atoms with Gasteiger partial charge in [0.05, 0.1) is 0 Å². The van der Waals surface area contributed by atoms with Crippen LogP contribution in [-0.2, 0) is 15.1 Å². The first-order valence-electron chi connectivity index (χ1n) is 9.62. The van der Waals surface area contributed by atoms with Crippen molar-refractivity contribution < 1.29 is 9.59 Å². The van der Waals surface area contributed by atoms with Gasteiger partial charge >= 0.3 is 0 Å². The number of hydrogen-bond donors (Lipinski definition) is 2. The first kappa shape index (κ1) is 17.7. The van der Waals surface area contributed by atoms with E-state index in [1.54, 1.807) is 10.9 Å². The Balaban J connectivity index is 1.57. The molecule has 27 heavy (non-hydrogen) atoms. The second-order valence-electron chi connectivity index (χ2n) is 7.24. The maximum absolute atomic E-state index is 13.3. The molecule has 0 atom stereocenters. The minimum atomic E-state index is -0.689. The normalized spacial score (nSPS) is 19.7. The fraction of sp³-hybridized carbons (Fsp3) is 0.450. The number of hydrogen-bond acceptors (Lipinski definition) is 4. The van der Waals surface area contributed by atoms with E-state index in [9.17, 15) is 9.59 Å². The average molecular weight is 367 g/mol. The van der Waals surface area contributed by atoms with Crippen LogP contribution in [0, 0.1) is 0 Å². The molecule has 0 spiro atoms. The minimum absolute atomic E-state index is 0.0604. The number of carbonyl (C=O) groups excluding carboxylic acids is 2. The average Bonchev–Trinajstić information content (AvgIpc) is 3.24. The van der Waals surface area contributed by atoms with Gasteiger partial charge in [-0.15, -0.1) is 0 Å². The summed E-state index contributed by atoms with van der Waals surface area (Å²) < 4.78 is 1.78. The highest BCUT2D eigenvalue weighted by atomic mass is 16.2. The van der Waals surface area contributed by atoms with Gasteiger partial charge in [0.15, 0.2) is 0 Å². The number of anilines is 2. The molecule has 2 amide bonds. The number of benzene rings is 1. The molecule has 2 fully saturated rings. The topological polar surface area (TPSA) is 79.3 Å². The summed E-state index contributed by atoms with van der Waals surface area (Å²) in [4.78, 5) is 27.3. The van der Waals surface area contributed by atoms with Gasteiger partial charge in [0, 0.05) is 36.7 Å². The van der Waals surface area contributed by atoms with E-state index in [-0.39, 0.29) is 11.8 Å². The molecule has 0 radical (unpaired) electrons. The molecular weight excluding hydrogens is 342 g/mol. The Labute approximate surface area is 158 Å². The van der Waals surface area contributed by atoms with Gasteiger partial charge in [-0.05, 0) is 63.0 Å². The molecule has 7 heteroatoms. The van der Waals surface area contributed by atoms with E-state index in [0.717, 1.165) is 38.2 Å². The van der Waals surface area contributed by atoms with Crippen molar-refractivity contribution in [2.75, 3.05) is 29.9 Å². The zero-order valence-electron chi connectivity index (χ0n) is 15.4. The standard InChI is InChI=1S/C20H25N5O2/c26-18-7-1-2-13-24(18)17-6-3-5-16(15-17)23-19(27)20(8-11-21-12-9-20)25-14-4-10-22-25/h3-6,10,14-15,21H,1-2,7-9,11-13H2,(H,23,27). The van der Waals surface area contributed by atoms with Gasteiger partial charge in [-0.2, -0.15) is 5.10 Å². The van der Waals surface area contributed by atoms with Gasteiger partial charge in [-0.1, -0.05) is 6.07 Å². The highest BCUT2D eigenvalue weighted by Crippen LogP contribution is 2.30. The SMILES string of the molecule is O=C1CCCCN1c1cccc(NC(=O)C2(n3cccn3)CCNCC2)c1. The summed E-state index contributed by atoms with van der Waals surface area (Å²) in [6, 6.07) is 9.41. The van der Waals surface area contributed by atoms with Gasteiger partial charge in [0.25, 0.3) is 5.91 Å². The second-order valence-corrected chi connectivity index (χ2v) is 7.24. The van der Waals surface area contributed by atoms with Crippen LogP contribution in [0.4, 0.5) is 11.4 Å². The molecule has 0 saturated carbocycles. The lowest BCUT2D eigenvalue weighted by molar-refractivity contribution is -0.126. The first-order valence-corrected chi connectivity index (χ1v) is 9.62. The number of rotatable bonds is 4. The number of nitrogens with one attached hydrogen (secondary N) is 2. The molecule has 142 valence electrons. The van der Waals surface area contributed by atoms with E-state index < -0.39 is 5.54 Å². The van der Waals surface area contributed by atoms with Crippen LogP contribution >= 0.6 is 0 Å². The molecule has 1 aromatic heterocycles. The monoisotopic (exact) mass is 367 g/mol. The highest BCUT2D eigenvalue weighted by molar-refractivity contribution is 5.98. The van der Waals surface area contributed by atoms with Gasteiger partial charge < -0.3 is 15.5 Å². The maximum atomic E-state index is 13.3. The molecular formula is C20H25N5O2. The summed E-state index contributed by atoms with van der Waals surface area (Å²) in [7, 11) is 0. The molecule has 2 aliphatic rings. The Kier molecular flexibility index (Phi) is 4.94. The third kappa shape index (κ3) is 3.47. The highest BCUT2D eigenvalue weighted by Gasteiger charge is 2.42. The Bertz CT molecular complexity index is 812. The summed E-state index contributed by atoms with van der Waals surface area (Å²) in [6.45, 7) is 2.28. The van der Waals surface area contributed by atoms with Crippen molar-refractivity contribution in [1.29, 1.82) is 0 Å². The number of carbonyl (C=O) groups is 2. The van der Waals surface area contributed by atoms with Crippen LogP contribution < -0.4 is 15.5 Å². The molecule has 2 N–H and O–H groups in total. The summed E-state index contributed by atoms with van der Waals surface area (Å²) in [6.07, 6.45) is 7.49. The van der Waals surface area contributed by atoms with E-state index in [0.29, 0.717) is 24.9 Å². The third-order valence-corrected chi connectivity index (χ3v) is 5.54. The van der Waals surface area contributed by atoms with Crippen LogP contribution in [0.5, 0.6) is 0 Å². The molecule has 4 rings (SSSR count). The summed E-state index contributed by atoms with van der Waals surface area (Å²) in [5.74, 6) is 0.0888. The van der Waals surface area contributed by atoms with Gasteiger partial charge in [0.2, 0.25) is 5.91 Å². The molecule has 1 aromatic carbocycles. The molecule has 2 aliphatic heterocycles. The van der Waals surface area contributed by atoms with E-state index in [1.807, 2.05) is 41.4 Å². The second kappa shape index (κ2) is 7.52. The maximum Gasteiger partial charge on any atom is 0.252 e. The number of amides is 2. The van der Waals surface area contributed by atoms with Crippen molar-refractivity contribution in [2.24, 2.45) is 0 Å². The van der Waals surface area contributed by atoms with Crippen LogP contribution in [0.1, 0.15) is 32.1 Å². The minimum Gasteiger partial charge on any atom is -0.324 e. The van der Waals surface area contributed by atoms with E-state index in [4.69, 9.17) is 0 Å². The van der Waals surface area contributed by atoms with Gasteiger partial charge in [-0.25, -0.2) is 0 Å². The lowest BCUT2D eigenvalue weighted by Crippen LogP contribution is -2.52. The quantitative estimate of drug-likeness (QED) is 0.868. The van der Waals surface area contributed by atoms with Crippen molar-refractivity contribution in [3.05, 3.63) is 42.7 Å². The molecule has 2 aromatic rings. The molecule has 2 saturated heterocycles. The lowest BCUT2D eigenvalue weighted by Gasteiger charge is -2.36. The zero-order valence-corrected chi connectivity index (χ0v) is 15.4. The largest absolute Gasteiger partial charge is 0.324 e. The fourth-order valence-corrected chi connectivity index (χ4v) is 4.00. The molecule has 0 unspecified atom stereocenters. The van der Waals surface area contributed by atoms with Crippen molar-refractivity contribution in [1.82, 2.24) is 15.1 Å². The van der Waals surface area contributed by atoms with Crippen LogP contribution in [0.25, 0.3) is 0 Å². The van der Waals surface area contributed by atoms with Crippen molar-refractivity contribution in [2.45, 2.75) is 37.6 Å². The van der Waals surface area contributed by atoms with Crippen LogP contribution in [-0.4, -0.2) is 41.2 Å². The summed E-state index contributed by atoms with van der Waals surface area (Å²) in [5.41, 5.74) is 0.864. The summed E-state index contributed by atoms with van der Waals surface area (Å²) in [5, 5.41) is 10.7. The van der Waals surface area contributed by atoms with E-state index >= 15 is 0 Å². The number of aromatic nitrogens is 2. The first-order chi connectivity index (χ1) is 13.2. The van der Waals surface area contributed by atoms with E-state index in [1.165, 1.54) is 0 Å². The molecule has 0 aliphatic carbocycles. The molecule has 0 bridgehead atoms. The number of nitrogens with zero attached hydrogens (tertiary/aromatic N) is 3. The van der Waals surface area contributed by atoms with Crippen LogP contribution in [0.15, 0.2) is 42.7 Å². The zero-order chi connectivity index (χ0) is 18.7. The predicted octanol–water partition coefficient (Wildman–Crippen LogP) is 2.12. The van der Waals surface area contributed by atoms with Crippen molar-refractivity contribution in [3.8, 4) is 0 Å². The van der Waals surface area contributed by atoms with Crippen LogP contribution in [0.3, 0.4) is 0 Å². The Morgan fingerprint density at radius 2 is 2.04 bits per heavy atom. The number of piperidine rings is 2. The Morgan fingerprint density at radius 1 is 1.19 bits per heavy atom. The lowest BCUT2D eigenvalue weighted by atomic mass is 9.87. The molecule has 7 nitrogen and oxygen atoms in total.